The van der Waals surface area contributed by atoms with E-state index in [0.29, 0.717) is 12.4 Å². The summed E-state index contributed by atoms with van der Waals surface area (Å²) in [4.78, 5) is 15.1. The molecule has 0 bridgehead atoms. The normalized spacial score (nSPS) is 14.1. The van der Waals surface area contributed by atoms with Crippen LogP contribution in [0.2, 0.25) is 0 Å². The van der Waals surface area contributed by atoms with Crippen LogP contribution in [0.15, 0.2) is 28.9 Å². The van der Waals surface area contributed by atoms with Crippen molar-refractivity contribution in [1.82, 2.24) is 5.32 Å². The molecule has 0 atom stereocenters. The minimum Gasteiger partial charge on any atom is -0.496 e. The van der Waals surface area contributed by atoms with Crippen molar-refractivity contribution in [3.8, 4) is 11.5 Å². The third kappa shape index (κ3) is 2.59. The van der Waals surface area contributed by atoms with E-state index in [-0.39, 0.29) is 0 Å². The van der Waals surface area contributed by atoms with Gasteiger partial charge in [0.25, 0.3) is 0 Å². The average Bonchev–Trinajstić information content (AvgIpc) is 2.47. The molecule has 1 heterocycles. The molecule has 0 radical (unpaired) electrons. The van der Waals surface area contributed by atoms with Crippen LogP contribution in [0, 0.1) is 6.92 Å². The SMILES string of the molecule is COc1cc(C2=NCNC(C=O)=C2)cc(OC)c1C. The van der Waals surface area contributed by atoms with Gasteiger partial charge in [0, 0.05) is 11.1 Å². The van der Waals surface area contributed by atoms with E-state index < -0.39 is 0 Å². The third-order valence-corrected chi connectivity index (χ3v) is 3.00. The van der Waals surface area contributed by atoms with Crippen molar-refractivity contribution in [2.45, 2.75) is 6.92 Å². The van der Waals surface area contributed by atoms with Gasteiger partial charge in [-0.05, 0) is 25.1 Å². The molecule has 1 aliphatic heterocycles. The maximum atomic E-state index is 10.8. The number of ether oxygens (including phenoxy) is 2. The summed E-state index contributed by atoms with van der Waals surface area (Å²) < 4.78 is 10.7. The maximum absolute atomic E-state index is 10.8. The van der Waals surface area contributed by atoms with E-state index in [1.807, 2.05) is 19.1 Å². The number of nitrogens with zero attached hydrogens (tertiary/aromatic N) is 1. The summed E-state index contributed by atoms with van der Waals surface area (Å²) in [5, 5.41) is 2.88. The van der Waals surface area contributed by atoms with Gasteiger partial charge in [-0.15, -0.1) is 0 Å². The Bertz CT molecular complexity index is 537. The Morgan fingerprint density at radius 2 is 1.89 bits per heavy atom. The van der Waals surface area contributed by atoms with Gasteiger partial charge in [-0.1, -0.05) is 0 Å². The lowest BCUT2D eigenvalue weighted by atomic mass is 10.0. The Morgan fingerprint density at radius 1 is 1.26 bits per heavy atom. The Labute approximate surface area is 111 Å². The summed E-state index contributed by atoms with van der Waals surface area (Å²) in [7, 11) is 3.23. The fraction of sp³-hybridized carbons (Fsp3) is 0.286. The van der Waals surface area contributed by atoms with Crippen molar-refractivity contribution in [2.75, 3.05) is 20.9 Å². The van der Waals surface area contributed by atoms with E-state index >= 15 is 0 Å². The molecule has 0 aliphatic carbocycles. The predicted molar refractivity (Wildman–Crippen MR) is 73.0 cm³/mol. The first-order valence-corrected chi connectivity index (χ1v) is 5.87. The first kappa shape index (κ1) is 13.1. The van der Waals surface area contributed by atoms with Crippen molar-refractivity contribution >= 4 is 12.0 Å². The van der Waals surface area contributed by atoms with Crippen molar-refractivity contribution < 1.29 is 14.3 Å². The minimum absolute atomic E-state index is 0.387. The van der Waals surface area contributed by atoms with Crippen LogP contribution < -0.4 is 14.8 Å². The zero-order chi connectivity index (χ0) is 13.8. The second-order valence-electron chi connectivity index (χ2n) is 4.10. The van der Waals surface area contributed by atoms with Crippen molar-refractivity contribution in [3.63, 3.8) is 0 Å². The molecule has 0 aromatic heterocycles. The number of aliphatic imine (C=N–C) groups is 1. The van der Waals surface area contributed by atoms with E-state index in [1.54, 1.807) is 20.3 Å². The molecule has 1 aliphatic rings. The van der Waals surface area contributed by atoms with Crippen LogP contribution in [0.4, 0.5) is 0 Å². The smallest absolute Gasteiger partial charge is 0.166 e. The van der Waals surface area contributed by atoms with E-state index in [2.05, 4.69) is 10.3 Å². The molecule has 0 amide bonds. The average molecular weight is 260 g/mol. The standard InChI is InChI=1S/C14H16N2O3/c1-9-13(18-2)4-10(5-14(9)19-3)12-6-11(7-17)15-8-16-12/h4-7,15H,8H2,1-3H3. The number of aldehydes is 1. The largest absolute Gasteiger partial charge is 0.496 e. The third-order valence-electron chi connectivity index (χ3n) is 3.00. The summed E-state index contributed by atoms with van der Waals surface area (Å²) in [5.41, 5.74) is 3.05. The highest BCUT2D eigenvalue weighted by Crippen LogP contribution is 2.30. The topological polar surface area (TPSA) is 59.9 Å². The summed E-state index contributed by atoms with van der Waals surface area (Å²) in [5.74, 6) is 1.47. The molecule has 5 heteroatoms. The van der Waals surface area contributed by atoms with E-state index in [9.17, 15) is 4.79 Å². The Balaban J connectivity index is 2.48. The van der Waals surface area contributed by atoms with Gasteiger partial charge in [0.15, 0.2) is 6.29 Å². The van der Waals surface area contributed by atoms with Crippen LogP contribution in [0.5, 0.6) is 11.5 Å². The molecule has 1 aromatic rings. The Hall–Kier alpha value is -2.30. The monoisotopic (exact) mass is 260 g/mol. The fourth-order valence-corrected chi connectivity index (χ4v) is 1.94. The molecule has 1 N–H and O–H groups in total. The molecule has 0 spiro atoms. The second kappa shape index (κ2) is 5.56. The quantitative estimate of drug-likeness (QED) is 0.832. The number of methoxy groups -OCH3 is 2. The van der Waals surface area contributed by atoms with Gasteiger partial charge in [-0.3, -0.25) is 9.79 Å². The highest BCUT2D eigenvalue weighted by molar-refractivity contribution is 6.11. The number of benzene rings is 1. The molecule has 1 aromatic carbocycles. The van der Waals surface area contributed by atoms with Gasteiger partial charge >= 0.3 is 0 Å². The molecule has 5 nitrogen and oxygen atoms in total. The number of carbonyl (C=O) groups excluding carboxylic acids is 1. The van der Waals surface area contributed by atoms with Gasteiger partial charge in [0.05, 0.1) is 25.6 Å². The number of carbonyl (C=O) groups is 1. The fourth-order valence-electron chi connectivity index (χ4n) is 1.94. The predicted octanol–water partition coefficient (Wildman–Crippen LogP) is 1.44. The molecule has 0 saturated heterocycles. The molecule has 100 valence electrons. The maximum Gasteiger partial charge on any atom is 0.166 e. The number of hydrogen-bond acceptors (Lipinski definition) is 5. The second-order valence-corrected chi connectivity index (χ2v) is 4.10. The first-order valence-electron chi connectivity index (χ1n) is 5.87. The lowest BCUT2D eigenvalue weighted by Crippen LogP contribution is -2.21. The van der Waals surface area contributed by atoms with Crippen LogP contribution in [0.1, 0.15) is 11.1 Å². The number of allylic oxidation sites excluding steroid dienone is 2. The van der Waals surface area contributed by atoms with Gasteiger partial charge in [-0.2, -0.15) is 0 Å². The minimum atomic E-state index is 0.387. The molecular weight excluding hydrogens is 244 g/mol. The van der Waals surface area contributed by atoms with Crippen LogP contribution in [0.3, 0.4) is 0 Å². The van der Waals surface area contributed by atoms with Gasteiger partial charge < -0.3 is 14.8 Å². The zero-order valence-corrected chi connectivity index (χ0v) is 11.2. The lowest BCUT2D eigenvalue weighted by Gasteiger charge is -2.15. The van der Waals surface area contributed by atoms with Gasteiger partial charge in [-0.25, -0.2) is 0 Å². The van der Waals surface area contributed by atoms with Crippen LogP contribution in [-0.4, -0.2) is 32.9 Å². The van der Waals surface area contributed by atoms with Gasteiger partial charge in [0.1, 0.15) is 18.2 Å². The molecule has 0 saturated carbocycles. The summed E-state index contributed by atoms with van der Waals surface area (Å²) in [6.07, 6.45) is 2.48. The number of nitrogens with one attached hydrogen (secondary N) is 1. The van der Waals surface area contributed by atoms with E-state index in [1.165, 1.54) is 0 Å². The van der Waals surface area contributed by atoms with Crippen molar-refractivity contribution in [3.05, 3.63) is 35.0 Å². The molecular formula is C14H16N2O3. The number of rotatable bonds is 4. The van der Waals surface area contributed by atoms with Crippen LogP contribution >= 0.6 is 0 Å². The van der Waals surface area contributed by atoms with Crippen LogP contribution in [-0.2, 0) is 4.79 Å². The molecule has 0 fully saturated rings. The van der Waals surface area contributed by atoms with Gasteiger partial charge in [0.2, 0.25) is 0 Å². The highest BCUT2D eigenvalue weighted by Gasteiger charge is 2.13. The highest BCUT2D eigenvalue weighted by atomic mass is 16.5. The molecule has 2 rings (SSSR count). The van der Waals surface area contributed by atoms with Crippen LogP contribution in [0.25, 0.3) is 0 Å². The number of hydrogen-bond donors (Lipinski definition) is 1. The zero-order valence-electron chi connectivity index (χ0n) is 11.2. The van der Waals surface area contributed by atoms with Crippen molar-refractivity contribution in [2.24, 2.45) is 4.99 Å². The van der Waals surface area contributed by atoms with E-state index in [0.717, 1.165) is 34.6 Å². The molecule has 0 unspecified atom stereocenters. The first-order chi connectivity index (χ1) is 9.19. The summed E-state index contributed by atoms with van der Waals surface area (Å²) in [6.45, 7) is 2.32. The van der Waals surface area contributed by atoms with Crippen molar-refractivity contribution in [1.29, 1.82) is 0 Å². The summed E-state index contributed by atoms with van der Waals surface area (Å²) in [6, 6.07) is 3.78. The Morgan fingerprint density at radius 3 is 2.42 bits per heavy atom. The summed E-state index contributed by atoms with van der Waals surface area (Å²) >= 11 is 0. The van der Waals surface area contributed by atoms with E-state index in [4.69, 9.17) is 9.47 Å². The Kier molecular flexibility index (Phi) is 3.85. The lowest BCUT2D eigenvalue weighted by molar-refractivity contribution is -0.105. The molecule has 19 heavy (non-hydrogen) atoms.